The lowest BCUT2D eigenvalue weighted by Crippen LogP contribution is -2.43. The van der Waals surface area contributed by atoms with Crippen LogP contribution in [0, 0.1) is 11.8 Å². The fourth-order valence-corrected chi connectivity index (χ4v) is 2.68. The normalized spacial score (nSPS) is 42.2. The molecular weight excluding hydrogens is 196 g/mol. The van der Waals surface area contributed by atoms with Crippen LogP contribution >= 0.6 is 0 Å². The summed E-state index contributed by atoms with van der Waals surface area (Å²) in [6, 6.07) is 0. The lowest BCUT2D eigenvalue weighted by Gasteiger charge is -2.23. The zero-order valence-electron chi connectivity index (χ0n) is 8.58. The van der Waals surface area contributed by atoms with Gasteiger partial charge in [0.25, 0.3) is 11.8 Å². The van der Waals surface area contributed by atoms with Crippen molar-refractivity contribution in [3.05, 3.63) is 12.2 Å². The molecule has 2 amide bonds. The van der Waals surface area contributed by atoms with Crippen LogP contribution < -0.4 is 0 Å². The number of nitrogens with zero attached hydrogens (tertiary/aromatic N) is 2. The summed E-state index contributed by atoms with van der Waals surface area (Å²) >= 11 is 0. The minimum Gasteiger partial charge on any atom is -0.365 e. The van der Waals surface area contributed by atoms with Crippen LogP contribution in [0.1, 0.15) is 0 Å². The van der Waals surface area contributed by atoms with E-state index in [4.69, 9.17) is 4.74 Å². The molecule has 80 valence electrons. The highest BCUT2D eigenvalue weighted by atomic mass is 16.5. The van der Waals surface area contributed by atoms with Crippen LogP contribution in [0.5, 0.6) is 0 Å². The quantitative estimate of drug-likeness (QED) is 0.426. The Kier molecular flexibility index (Phi) is 1.62. The maximum atomic E-state index is 12.0. The van der Waals surface area contributed by atoms with Crippen molar-refractivity contribution in [1.82, 2.24) is 10.0 Å². The molecule has 2 bridgehead atoms. The predicted molar refractivity (Wildman–Crippen MR) is 50.3 cm³/mol. The van der Waals surface area contributed by atoms with Crippen LogP contribution in [-0.2, 0) is 14.3 Å². The molecule has 3 aliphatic heterocycles. The molecule has 0 aromatic heterocycles. The summed E-state index contributed by atoms with van der Waals surface area (Å²) in [5.74, 6) is -0.858. The summed E-state index contributed by atoms with van der Waals surface area (Å²) in [4.78, 5) is 24.0. The van der Waals surface area contributed by atoms with Crippen LogP contribution in [-0.4, -0.2) is 48.1 Å². The van der Waals surface area contributed by atoms with Crippen LogP contribution in [0.3, 0.4) is 0 Å². The fourth-order valence-electron chi connectivity index (χ4n) is 2.68. The van der Waals surface area contributed by atoms with Gasteiger partial charge >= 0.3 is 0 Å². The van der Waals surface area contributed by atoms with Crippen molar-refractivity contribution in [1.29, 1.82) is 0 Å². The molecule has 0 radical (unpaired) electrons. The van der Waals surface area contributed by atoms with E-state index in [1.807, 2.05) is 12.2 Å². The third-order valence-electron chi connectivity index (χ3n) is 3.29. The number of ether oxygens (including phenoxy) is 1. The summed E-state index contributed by atoms with van der Waals surface area (Å²) in [5.41, 5.74) is 0. The number of hydrogen-bond donors (Lipinski definition) is 0. The molecule has 2 fully saturated rings. The molecule has 4 atom stereocenters. The molecule has 3 rings (SSSR count). The minimum atomic E-state index is -0.296. The van der Waals surface area contributed by atoms with Gasteiger partial charge in [-0.3, -0.25) is 9.59 Å². The minimum absolute atomic E-state index is 0.133. The summed E-state index contributed by atoms with van der Waals surface area (Å²) in [6.07, 6.45) is 3.38. The first kappa shape index (κ1) is 9.06. The molecule has 0 spiro atoms. The van der Waals surface area contributed by atoms with E-state index in [2.05, 4.69) is 0 Å². The Morgan fingerprint density at radius 3 is 2.00 bits per heavy atom. The Balaban J connectivity index is 2.00. The number of hydrogen-bond acceptors (Lipinski definition) is 4. The van der Waals surface area contributed by atoms with Gasteiger partial charge in [0.2, 0.25) is 0 Å². The molecule has 0 unspecified atom stereocenters. The lowest BCUT2D eigenvalue weighted by molar-refractivity contribution is -0.157. The summed E-state index contributed by atoms with van der Waals surface area (Å²) in [6.45, 7) is 0. The number of imide groups is 1. The smallest absolute Gasteiger partial charge is 0.250 e. The first-order valence-corrected chi connectivity index (χ1v) is 5.00. The van der Waals surface area contributed by atoms with Gasteiger partial charge in [0.05, 0.1) is 24.0 Å². The van der Waals surface area contributed by atoms with Crippen molar-refractivity contribution in [3.8, 4) is 0 Å². The third kappa shape index (κ3) is 0.943. The Morgan fingerprint density at radius 1 is 1.13 bits per heavy atom. The SMILES string of the molecule is CN(C)N1C(=O)[C@@H]2[C@H](C1=O)[C@H]1C=C[C@@H]2O1. The van der Waals surface area contributed by atoms with E-state index in [1.165, 1.54) is 5.01 Å². The molecule has 0 aromatic carbocycles. The fraction of sp³-hybridized carbons (Fsp3) is 0.600. The zero-order chi connectivity index (χ0) is 10.7. The highest BCUT2D eigenvalue weighted by molar-refractivity contribution is 6.06. The first-order chi connectivity index (χ1) is 7.11. The van der Waals surface area contributed by atoms with E-state index in [9.17, 15) is 9.59 Å². The number of hydrazine groups is 1. The topological polar surface area (TPSA) is 49.9 Å². The van der Waals surface area contributed by atoms with E-state index in [0.29, 0.717) is 0 Å². The highest BCUT2D eigenvalue weighted by Crippen LogP contribution is 2.45. The van der Waals surface area contributed by atoms with Gasteiger partial charge in [-0.1, -0.05) is 12.2 Å². The highest BCUT2D eigenvalue weighted by Gasteiger charge is 2.61. The van der Waals surface area contributed by atoms with Crippen molar-refractivity contribution in [2.45, 2.75) is 12.2 Å². The van der Waals surface area contributed by atoms with E-state index >= 15 is 0 Å². The van der Waals surface area contributed by atoms with Gasteiger partial charge < -0.3 is 4.74 Å². The number of carbonyl (C=O) groups excluding carboxylic acids is 2. The van der Waals surface area contributed by atoms with E-state index in [1.54, 1.807) is 19.1 Å². The molecule has 0 aromatic rings. The van der Waals surface area contributed by atoms with Gasteiger partial charge in [0, 0.05) is 14.1 Å². The molecule has 0 aliphatic carbocycles. The second kappa shape index (κ2) is 2.68. The van der Waals surface area contributed by atoms with Crippen molar-refractivity contribution < 1.29 is 14.3 Å². The monoisotopic (exact) mass is 208 g/mol. The molecule has 3 heterocycles. The van der Waals surface area contributed by atoms with Gasteiger partial charge in [-0.15, -0.1) is 0 Å². The zero-order valence-corrected chi connectivity index (χ0v) is 8.58. The molecule has 0 saturated carbocycles. The molecule has 2 saturated heterocycles. The number of rotatable bonds is 1. The van der Waals surface area contributed by atoms with Crippen molar-refractivity contribution in [2.24, 2.45) is 11.8 Å². The van der Waals surface area contributed by atoms with Crippen LogP contribution in [0.15, 0.2) is 12.2 Å². The molecule has 3 aliphatic rings. The second-order valence-corrected chi connectivity index (χ2v) is 4.34. The Morgan fingerprint density at radius 2 is 1.60 bits per heavy atom. The molecule has 5 heteroatoms. The third-order valence-corrected chi connectivity index (χ3v) is 3.29. The van der Waals surface area contributed by atoms with E-state index in [0.717, 1.165) is 0 Å². The summed E-state index contributed by atoms with van der Waals surface area (Å²) < 4.78 is 5.51. The van der Waals surface area contributed by atoms with Crippen LogP contribution in [0.4, 0.5) is 0 Å². The Hall–Kier alpha value is -1.20. The van der Waals surface area contributed by atoms with Crippen molar-refractivity contribution in [2.75, 3.05) is 14.1 Å². The maximum Gasteiger partial charge on any atom is 0.250 e. The second-order valence-electron chi connectivity index (χ2n) is 4.34. The van der Waals surface area contributed by atoms with E-state index in [-0.39, 0.29) is 35.9 Å². The standard InChI is InChI=1S/C10H12N2O3/c1-11(2)12-9(13)7-5-3-4-6(15-5)8(7)10(12)14/h3-8H,1-2H3/t5-,6+,7-,8+. The number of amides is 2. The van der Waals surface area contributed by atoms with Crippen LogP contribution in [0.2, 0.25) is 0 Å². The Labute approximate surface area is 87.2 Å². The average molecular weight is 208 g/mol. The lowest BCUT2D eigenvalue weighted by atomic mass is 9.85. The number of fused-ring (bicyclic) bond motifs is 5. The van der Waals surface area contributed by atoms with E-state index < -0.39 is 0 Å². The molecule has 15 heavy (non-hydrogen) atoms. The van der Waals surface area contributed by atoms with Crippen LogP contribution in [0.25, 0.3) is 0 Å². The largest absolute Gasteiger partial charge is 0.365 e. The molecular formula is C10H12N2O3. The Bertz CT molecular complexity index is 347. The molecule has 5 nitrogen and oxygen atoms in total. The van der Waals surface area contributed by atoms with Gasteiger partial charge in [0.15, 0.2) is 0 Å². The average Bonchev–Trinajstić information content (AvgIpc) is 2.79. The van der Waals surface area contributed by atoms with Gasteiger partial charge in [-0.2, -0.15) is 0 Å². The predicted octanol–water partition coefficient (Wildman–Crippen LogP) is -0.599. The van der Waals surface area contributed by atoms with Gasteiger partial charge in [-0.25, -0.2) is 10.0 Å². The molecule has 0 N–H and O–H groups in total. The van der Waals surface area contributed by atoms with Crippen molar-refractivity contribution in [3.63, 3.8) is 0 Å². The van der Waals surface area contributed by atoms with Gasteiger partial charge in [-0.05, 0) is 0 Å². The number of carbonyl (C=O) groups is 2. The summed E-state index contributed by atoms with van der Waals surface area (Å²) in [7, 11) is 3.40. The van der Waals surface area contributed by atoms with Crippen molar-refractivity contribution >= 4 is 11.8 Å². The first-order valence-electron chi connectivity index (χ1n) is 5.00. The summed E-state index contributed by atoms with van der Waals surface area (Å²) in [5, 5.41) is 2.77. The maximum absolute atomic E-state index is 12.0. The van der Waals surface area contributed by atoms with Gasteiger partial charge in [0.1, 0.15) is 0 Å².